The summed E-state index contributed by atoms with van der Waals surface area (Å²) in [4.78, 5) is 16.3. The number of aromatic amines is 1. The van der Waals surface area contributed by atoms with E-state index >= 15 is 0 Å². The summed E-state index contributed by atoms with van der Waals surface area (Å²) >= 11 is 7.03. The summed E-state index contributed by atoms with van der Waals surface area (Å²) in [7, 11) is 0. The zero-order valence-electron chi connectivity index (χ0n) is 7.91. The summed E-state index contributed by atoms with van der Waals surface area (Å²) in [6.07, 6.45) is 1.74. The second-order valence-corrected chi connectivity index (χ2v) is 4.53. The van der Waals surface area contributed by atoms with Crippen molar-refractivity contribution in [3.63, 3.8) is 0 Å². The van der Waals surface area contributed by atoms with Crippen molar-refractivity contribution >= 4 is 34.5 Å². The lowest BCUT2D eigenvalue weighted by Crippen LogP contribution is -2.20. The Labute approximate surface area is 94.3 Å². The lowest BCUT2D eigenvalue weighted by molar-refractivity contribution is 0.487. The van der Waals surface area contributed by atoms with E-state index in [4.69, 9.17) is 16.0 Å². The second-order valence-electron chi connectivity index (χ2n) is 2.99. The van der Waals surface area contributed by atoms with E-state index in [-0.39, 0.29) is 5.55 Å². The summed E-state index contributed by atoms with van der Waals surface area (Å²) < 4.78 is 4.82. The van der Waals surface area contributed by atoms with Gasteiger partial charge in [0.15, 0.2) is 0 Å². The van der Waals surface area contributed by atoms with E-state index in [0.717, 1.165) is 4.88 Å². The minimum Gasteiger partial charge on any atom is -0.404 e. The van der Waals surface area contributed by atoms with Crippen molar-refractivity contribution in [3.05, 3.63) is 43.2 Å². The van der Waals surface area contributed by atoms with Crippen LogP contribution in [0.15, 0.2) is 21.3 Å². The predicted molar refractivity (Wildman–Crippen MR) is 61.5 cm³/mol. The fourth-order valence-electron chi connectivity index (χ4n) is 1.18. The normalized spacial score (nSPS) is 13.7. The molecule has 0 atom stereocenters. The first-order chi connectivity index (χ1) is 7.19. The lowest BCUT2D eigenvalue weighted by Gasteiger charge is -1.78. The summed E-state index contributed by atoms with van der Waals surface area (Å²) in [5, 5.41) is 0.406. The van der Waals surface area contributed by atoms with Gasteiger partial charge < -0.3 is 9.40 Å². The molecule has 0 unspecified atom stereocenters. The number of hydrogen-bond donors (Lipinski definition) is 1. The van der Waals surface area contributed by atoms with Crippen LogP contribution in [0.1, 0.15) is 9.75 Å². The molecule has 0 aliphatic carbocycles. The van der Waals surface area contributed by atoms with Gasteiger partial charge in [-0.05, 0) is 25.1 Å². The van der Waals surface area contributed by atoms with Crippen molar-refractivity contribution in [2.75, 3.05) is 0 Å². The Balaban J connectivity index is 2.59. The zero-order valence-corrected chi connectivity index (χ0v) is 9.48. The van der Waals surface area contributed by atoms with Crippen LogP contribution in [0.4, 0.5) is 0 Å². The van der Waals surface area contributed by atoms with Crippen molar-refractivity contribution in [1.29, 1.82) is 0 Å². The second kappa shape index (κ2) is 4.08. The minimum atomic E-state index is -0.409. The van der Waals surface area contributed by atoms with Crippen LogP contribution >= 0.6 is 22.9 Å². The van der Waals surface area contributed by atoms with Gasteiger partial charge in [-0.15, -0.1) is 11.3 Å². The van der Waals surface area contributed by atoms with Crippen molar-refractivity contribution in [2.24, 2.45) is 0 Å². The number of halogens is 1. The molecule has 5 heteroatoms. The molecule has 0 saturated carbocycles. The van der Waals surface area contributed by atoms with E-state index in [2.05, 4.69) is 4.98 Å². The summed E-state index contributed by atoms with van der Waals surface area (Å²) in [6, 6.07) is 3.94. The van der Waals surface area contributed by atoms with Crippen LogP contribution < -0.4 is 16.5 Å². The average molecular weight is 242 g/mol. The van der Waals surface area contributed by atoms with E-state index in [1.54, 1.807) is 17.4 Å². The molecule has 1 N–H and O–H groups in total. The highest BCUT2D eigenvalue weighted by Crippen LogP contribution is 2.14. The largest absolute Gasteiger partial charge is 0.404 e. The molecular weight excluding hydrogens is 234 g/mol. The Morgan fingerprint density at radius 3 is 2.87 bits per heavy atom. The molecule has 2 aromatic heterocycles. The molecule has 0 aliphatic rings. The van der Waals surface area contributed by atoms with Crippen LogP contribution in [0.3, 0.4) is 0 Å². The summed E-state index contributed by atoms with van der Waals surface area (Å²) in [6.45, 7) is 2.01. The smallest absolute Gasteiger partial charge is 0.361 e. The molecule has 0 amide bonds. The van der Waals surface area contributed by atoms with Crippen LogP contribution in [0.2, 0.25) is 0 Å². The Morgan fingerprint density at radius 2 is 2.33 bits per heavy atom. The lowest BCUT2D eigenvalue weighted by atomic mass is 10.4. The molecule has 0 aromatic carbocycles. The quantitative estimate of drug-likeness (QED) is 0.814. The first-order valence-corrected chi connectivity index (χ1v) is 5.52. The molecule has 3 nitrogen and oxygen atoms in total. The molecule has 2 heterocycles. The standard InChI is InChI=1S/C10H8ClNO2S/c1-6-2-3-7(15-6)4-8-10(13)14-9(5-11)12-8/h2-5,12H,1H3/b8-4-,9-5-. The Bertz CT molecular complexity index is 635. The highest BCUT2D eigenvalue weighted by molar-refractivity contribution is 7.12. The molecule has 0 fully saturated rings. The minimum absolute atomic E-state index is 0.265. The van der Waals surface area contributed by atoms with Gasteiger partial charge in [0.05, 0.1) is 5.54 Å². The van der Waals surface area contributed by atoms with Crippen LogP contribution in [0.5, 0.6) is 0 Å². The number of H-pyrrole nitrogens is 1. The third kappa shape index (κ3) is 2.22. The van der Waals surface area contributed by atoms with E-state index in [1.165, 1.54) is 10.4 Å². The SMILES string of the molecule is Cc1ccc(/C=c2\[nH]/c(=C/Cl)oc2=O)s1. The molecule has 0 saturated heterocycles. The highest BCUT2D eigenvalue weighted by atomic mass is 35.5. The Hall–Kier alpha value is -1.26. The van der Waals surface area contributed by atoms with E-state index in [9.17, 15) is 4.79 Å². The maximum atomic E-state index is 11.3. The van der Waals surface area contributed by atoms with E-state index in [1.807, 2.05) is 19.1 Å². The molecule has 0 bridgehead atoms. The van der Waals surface area contributed by atoms with Crippen LogP contribution in [-0.2, 0) is 0 Å². The van der Waals surface area contributed by atoms with Gasteiger partial charge in [-0.2, -0.15) is 0 Å². The molecule has 0 spiro atoms. The zero-order chi connectivity index (χ0) is 10.8. The first kappa shape index (κ1) is 10.3. The maximum Gasteiger partial charge on any atom is 0.361 e. The molecule has 78 valence electrons. The van der Waals surface area contributed by atoms with Crippen molar-refractivity contribution < 1.29 is 4.42 Å². The van der Waals surface area contributed by atoms with Crippen molar-refractivity contribution in [3.8, 4) is 0 Å². The fraction of sp³-hybridized carbons (Fsp3) is 0.100. The third-order valence-corrected chi connectivity index (χ3v) is 2.97. The van der Waals surface area contributed by atoms with Crippen molar-refractivity contribution in [1.82, 2.24) is 4.98 Å². The maximum absolute atomic E-state index is 11.3. The van der Waals surface area contributed by atoms with Gasteiger partial charge in [-0.25, -0.2) is 4.79 Å². The number of hydrogen-bond acceptors (Lipinski definition) is 3. The van der Waals surface area contributed by atoms with Gasteiger partial charge in [0.1, 0.15) is 5.35 Å². The van der Waals surface area contributed by atoms with Crippen LogP contribution in [0, 0.1) is 6.92 Å². The Kier molecular flexibility index (Phi) is 2.79. The molecule has 2 aromatic rings. The van der Waals surface area contributed by atoms with Gasteiger partial charge in [0.25, 0.3) is 0 Å². The number of nitrogens with one attached hydrogen (secondary N) is 1. The van der Waals surface area contributed by atoms with Gasteiger partial charge in [-0.1, -0.05) is 11.6 Å². The molecule has 0 radical (unpaired) electrons. The van der Waals surface area contributed by atoms with E-state index < -0.39 is 5.63 Å². The Morgan fingerprint density at radius 1 is 1.53 bits per heavy atom. The van der Waals surface area contributed by atoms with E-state index in [0.29, 0.717) is 5.35 Å². The molecule has 0 aliphatic heterocycles. The van der Waals surface area contributed by atoms with Gasteiger partial charge in [-0.3, -0.25) is 0 Å². The van der Waals surface area contributed by atoms with Gasteiger partial charge in [0, 0.05) is 9.75 Å². The molecule has 15 heavy (non-hydrogen) atoms. The number of thiophene rings is 1. The van der Waals surface area contributed by atoms with Crippen LogP contribution in [0.25, 0.3) is 11.6 Å². The number of rotatable bonds is 1. The van der Waals surface area contributed by atoms with Gasteiger partial charge >= 0.3 is 5.63 Å². The third-order valence-electron chi connectivity index (χ3n) is 1.83. The highest BCUT2D eigenvalue weighted by Gasteiger charge is 1.97. The summed E-state index contributed by atoms with van der Waals surface area (Å²) in [5.41, 5.74) is 1.05. The monoisotopic (exact) mass is 241 g/mol. The number of oxazole rings is 1. The average Bonchev–Trinajstić information content (AvgIpc) is 2.75. The van der Waals surface area contributed by atoms with Crippen LogP contribution in [-0.4, -0.2) is 4.98 Å². The molecule has 2 rings (SSSR count). The fourth-order valence-corrected chi connectivity index (χ4v) is 2.10. The van der Waals surface area contributed by atoms with Gasteiger partial charge in [0.2, 0.25) is 5.55 Å². The topological polar surface area (TPSA) is 46.0 Å². The van der Waals surface area contributed by atoms with Crippen molar-refractivity contribution in [2.45, 2.75) is 6.92 Å². The first-order valence-electron chi connectivity index (χ1n) is 4.27. The summed E-state index contributed by atoms with van der Waals surface area (Å²) in [5.74, 6) is 0. The predicted octanol–water partition coefficient (Wildman–Crippen LogP) is 1.14. The number of aryl methyl sites for hydroxylation is 1. The number of aromatic nitrogens is 1. The molecular formula is C10H8ClNO2S.